The van der Waals surface area contributed by atoms with Crippen molar-refractivity contribution in [3.05, 3.63) is 0 Å². The lowest BCUT2D eigenvalue weighted by atomic mass is 10.1. The molecule has 0 spiro atoms. The molecule has 10 heavy (non-hydrogen) atoms. The lowest BCUT2D eigenvalue weighted by Gasteiger charge is -2.11. The van der Waals surface area contributed by atoms with Crippen molar-refractivity contribution in [2.45, 2.75) is 32.7 Å². The molecule has 1 atom stereocenters. The van der Waals surface area contributed by atoms with Crippen molar-refractivity contribution in [1.29, 1.82) is 0 Å². The molecule has 0 aliphatic heterocycles. The van der Waals surface area contributed by atoms with Crippen LogP contribution in [0.1, 0.15) is 26.7 Å². The van der Waals surface area contributed by atoms with Gasteiger partial charge in [0.25, 0.3) is 0 Å². The van der Waals surface area contributed by atoms with Crippen LogP contribution in [0.3, 0.4) is 0 Å². The van der Waals surface area contributed by atoms with Gasteiger partial charge in [-0.1, -0.05) is 20.3 Å². The van der Waals surface area contributed by atoms with Crippen molar-refractivity contribution in [2.75, 3.05) is 6.54 Å². The van der Waals surface area contributed by atoms with Gasteiger partial charge in [-0.15, -0.1) is 0 Å². The molecule has 0 aliphatic rings. The minimum atomic E-state index is -0.247. The van der Waals surface area contributed by atoms with E-state index in [4.69, 9.17) is 5.73 Å². The van der Waals surface area contributed by atoms with E-state index in [2.05, 4.69) is 5.32 Å². The van der Waals surface area contributed by atoms with Gasteiger partial charge in [-0.3, -0.25) is 4.79 Å². The average Bonchev–Trinajstić information content (AvgIpc) is 1.87. The highest BCUT2D eigenvalue weighted by Crippen LogP contribution is 1.94. The van der Waals surface area contributed by atoms with Gasteiger partial charge in [-0.25, -0.2) is 0 Å². The monoisotopic (exact) mass is 144 g/mol. The van der Waals surface area contributed by atoms with E-state index < -0.39 is 0 Å². The summed E-state index contributed by atoms with van der Waals surface area (Å²) in [5.74, 6) is -0.247. The molecule has 1 amide bonds. The molecule has 0 radical (unpaired) electrons. The number of carbonyl (C=O) groups excluding carboxylic acids is 1. The van der Waals surface area contributed by atoms with Crippen LogP contribution >= 0.6 is 0 Å². The molecule has 1 unspecified atom stereocenters. The number of rotatable bonds is 5. The van der Waals surface area contributed by atoms with Crippen LogP contribution in [0.2, 0.25) is 0 Å². The number of carbonyl (C=O) groups is 1. The fraction of sp³-hybridized carbons (Fsp3) is 0.857. The maximum atomic E-state index is 10.6. The fourth-order valence-electron chi connectivity index (χ4n) is 0.880. The first-order valence-corrected chi connectivity index (χ1v) is 3.75. The smallest absolute Gasteiger partial charge is 0.234 e. The molecular formula is C7H16N2O. The van der Waals surface area contributed by atoms with Gasteiger partial charge in [0.2, 0.25) is 5.91 Å². The van der Waals surface area contributed by atoms with Gasteiger partial charge in [0.05, 0.1) is 6.04 Å². The Bertz CT molecular complexity index is 97.8. The van der Waals surface area contributed by atoms with E-state index in [0.717, 1.165) is 19.4 Å². The first-order chi connectivity index (χ1) is 4.72. The Morgan fingerprint density at radius 1 is 1.60 bits per heavy atom. The second kappa shape index (κ2) is 5.23. The Morgan fingerprint density at radius 2 is 2.20 bits per heavy atom. The molecule has 60 valence electrons. The molecule has 0 aromatic heterocycles. The molecule has 0 saturated carbocycles. The first kappa shape index (κ1) is 9.43. The molecule has 0 aliphatic carbocycles. The number of hydrogen-bond acceptors (Lipinski definition) is 2. The maximum Gasteiger partial charge on any atom is 0.234 e. The normalized spacial score (nSPS) is 13.0. The molecule has 0 heterocycles. The van der Waals surface area contributed by atoms with Gasteiger partial charge in [-0.2, -0.15) is 0 Å². The predicted molar refractivity (Wildman–Crippen MR) is 41.6 cm³/mol. The Balaban J connectivity index is 3.61. The standard InChI is InChI=1S/C7H16N2O/c1-3-5-6(7(8)10)9-4-2/h6,9H,3-5H2,1-2H3,(H2,8,10). The minimum Gasteiger partial charge on any atom is -0.368 e. The third-order valence-corrected chi connectivity index (χ3v) is 1.37. The molecule has 0 bridgehead atoms. The van der Waals surface area contributed by atoms with Gasteiger partial charge in [0.1, 0.15) is 0 Å². The van der Waals surface area contributed by atoms with E-state index in [1.165, 1.54) is 0 Å². The Kier molecular flexibility index (Phi) is 4.94. The van der Waals surface area contributed by atoms with Crippen molar-refractivity contribution < 1.29 is 4.79 Å². The molecule has 0 aromatic rings. The van der Waals surface area contributed by atoms with Gasteiger partial charge < -0.3 is 11.1 Å². The number of nitrogens with one attached hydrogen (secondary N) is 1. The van der Waals surface area contributed by atoms with Crippen molar-refractivity contribution in [3.63, 3.8) is 0 Å². The number of hydrogen-bond donors (Lipinski definition) is 2. The Hall–Kier alpha value is -0.570. The second-order valence-corrected chi connectivity index (χ2v) is 2.30. The van der Waals surface area contributed by atoms with E-state index in [1.54, 1.807) is 0 Å². The zero-order chi connectivity index (χ0) is 7.98. The van der Waals surface area contributed by atoms with Crippen molar-refractivity contribution in [2.24, 2.45) is 5.73 Å². The number of nitrogens with two attached hydrogens (primary N) is 1. The Labute approximate surface area is 62.0 Å². The van der Waals surface area contributed by atoms with Crippen molar-refractivity contribution in [3.8, 4) is 0 Å². The number of primary amides is 1. The zero-order valence-corrected chi connectivity index (χ0v) is 6.68. The summed E-state index contributed by atoms with van der Waals surface area (Å²) in [5.41, 5.74) is 5.11. The van der Waals surface area contributed by atoms with Gasteiger partial charge in [0, 0.05) is 0 Å². The van der Waals surface area contributed by atoms with Crippen molar-refractivity contribution >= 4 is 5.91 Å². The van der Waals surface area contributed by atoms with Gasteiger partial charge >= 0.3 is 0 Å². The summed E-state index contributed by atoms with van der Waals surface area (Å²) in [6.45, 7) is 4.80. The third-order valence-electron chi connectivity index (χ3n) is 1.37. The summed E-state index contributed by atoms with van der Waals surface area (Å²) >= 11 is 0. The quantitative estimate of drug-likeness (QED) is 0.581. The lowest BCUT2D eigenvalue weighted by molar-refractivity contribution is -0.120. The predicted octanol–water partition coefficient (Wildman–Crippen LogP) is 0.250. The van der Waals surface area contributed by atoms with E-state index in [9.17, 15) is 4.79 Å². The fourth-order valence-corrected chi connectivity index (χ4v) is 0.880. The van der Waals surface area contributed by atoms with Crippen LogP contribution in [-0.2, 0) is 4.79 Å². The maximum absolute atomic E-state index is 10.6. The highest BCUT2D eigenvalue weighted by molar-refractivity contribution is 5.79. The summed E-state index contributed by atoms with van der Waals surface area (Å²) in [6.07, 6.45) is 1.82. The van der Waals surface area contributed by atoms with Crippen LogP contribution in [-0.4, -0.2) is 18.5 Å². The van der Waals surface area contributed by atoms with E-state index in [1.807, 2.05) is 13.8 Å². The van der Waals surface area contributed by atoms with Crippen LogP contribution < -0.4 is 11.1 Å². The van der Waals surface area contributed by atoms with Crippen LogP contribution in [0.4, 0.5) is 0 Å². The molecule has 3 nitrogen and oxygen atoms in total. The summed E-state index contributed by atoms with van der Waals surface area (Å²) in [6, 6.07) is -0.130. The molecule has 3 heteroatoms. The number of likely N-dealkylation sites (N-methyl/N-ethyl adjacent to an activating group) is 1. The molecule has 0 aromatic carbocycles. The molecule has 3 N–H and O–H groups in total. The van der Waals surface area contributed by atoms with Crippen molar-refractivity contribution in [1.82, 2.24) is 5.32 Å². The molecular weight excluding hydrogens is 128 g/mol. The third kappa shape index (κ3) is 3.45. The molecule has 0 fully saturated rings. The zero-order valence-electron chi connectivity index (χ0n) is 6.68. The van der Waals surface area contributed by atoms with Crippen LogP contribution in [0.25, 0.3) is 0 Å². The SMILES string of the molecule is CCCC(NCC)C(N)=O. The molecule has 0 saturated heterocycles. The van der Waals surface area contributed by atoms with Crippen LogP contribution in [0, 0.1) is 0 Å². The minimum absolute atomic E-state index is 0.130. The summed E-state index contributed by atoms with van der Waals surface area (Å²) in [7, 11) is 0. The van der Waals surface area contributed by atoms with Gasteiger partial charge in [0.15, 0.2) is 0 Å². The topological polar surface area (TPSA) is 55.1 Å². The van der Waals surface area contributed by atoms with E-state index in [0.29, 0.717) is 0 Å². The summed E-state index contributed by atoms with van der Waals surface area (Å²) < 4.78 is 0. The van der Waals surface area contributed by atoms with E-state index in [-0.39, 0.29) is 11.9 Å². The largest absolute Gasteiger partial charge is 0.368 e. The lowest BCUT2D eigenvalue weighted by Crippen LogP contribution is -2.40. The second-order valence-electron chi connectivity index (χ2n) is 2.30. The van der Waals surface area contributed by atoms with Crippen LogP contribution in [0.15, 0.2) is 0 Å². The molecule has 0 rings (SSSR count). The average molecular weight is 144 g/mol. The van der Waals surface area contributed by atoms with E-state index >= 15 is 0 Å². The highest BCUT2D eigenvalue weighted by Gasteiger charge is 2.10. The first-order valence-electron chi connectivity index (χ1n) is 3.75. The van der Waals surface area contributed by atoms with Crippen LogP contribution in [0.5, 0.6) is 0 Å². The number of amides is 1. The van der Waals surface area contributed by atoms with Gasteiger partial charge in [-0.05, 0) is 13.0 Å². The Morgan fingerprint density at radius 3 is 2.50 bits per heavy atom. The summed E-state index contributed by atoms with van der Waals surface area (Å²) in [4.78, 5) is 10.6. The highest BCUT2D eigenvalue weighted by atomic mass is 16.1. The summed E-state index contributed by atoms with van der Waals surface area (Å²) in [5, 5.41) is 3.01.